The van der Waals surface area contributed by atoms with E-state index in [0.717, 1.165) is 18.2 Å². The van der Waals surface area contributed by atoms with Gasteiger partial charge in [-0.2, -0.15) is 0 Å². The van der Waals surface area contributed by atoms with Gasteiger partial charge in [0.1, 0.15) is 11.9 Å². The smallest absolute Gasteiger partial charge is 0.410 e. The lowest BCUT2D eigenvalue weighted by Gasteiger charge is -2.49. The molecule has 8 atom stereocenters. The number of cyclic esters (lactones) is 1. The number of aromatic nitrogens is 3. The molecule has 0 saturated carbocycles. The van der Waals surface area contributed by atoms with Crippen molar-refractivity contribution in [2.45, 2.75) is 124 Å². The molecule has 4 rings (SSSR count). The van der Waals surface area contributed by atoms with Crippen molar-refractivity contribution >= 4 is 23.6 Å². The number of esters is 1. The second-order valence-corrected chi connectivity index (χ2v) is 15.0. The fraction of sp³-hybridized carbons (Fsp3) is 0.676. The standard InChI is InChI=1S/C37H53FN4O7/c1-11-28-37(9)30(42(33(46)49-37)18-13-12-17-41-21-27(40-22-41)26-15-14-16-39-20-26)24(3)29(43)23(2)19-35(7,47-10)34(5,6)25(4)31(44)36(8,38)32(45)48-28/h14-16,20-25,28,30H,11-13,17-19H2,1-10H3/t23-,24+,25+,28-,30?,35-,36+,37?/m1/s1. The Labute approximate surface area is 289 Å². The third-order valence-corrected chi connectivity index (χ3v) is 11.6. The number of ketones is 2. The van der Waals surface area contributed by atoms with Crippen LogP contribution in [0.4, 0.5) is 9.18 Å². The van der Waals surface area contributed by atoms with E-state index < -0.39 is 70.0 Å². The van der Waals surface area contributed by atoms with Gasteiger partial charge in [-0.25, -0.2) is 19.0 Å². The second-order valence-electron chi connectivity index (χ2n) is 15.0. The van der Waals surface area contributed by atoms with Crippen LogP contribution >= 0.6 is 0 Å². The maximum atomic E-state index is 16.3. The van der Waals surface area contributed by atoms with Crippen LogP contribution < -0.4 is 0 Å². The highest BCUT2D eigenvalue weighted by Crippen LogP contribution is 2.48. The van der Waals surface area contributed by atoms with Gasteiger partial charge in [0.2, 0.25) is 0 Å². The maximum absolute atomic E-state index is 16.3. The van der Waals surface area contributed by atoms with E-state index in [4.69, 9.17) is 14.2 Å². The number of hydrogen-bond acceptors (Lipinski definition) is 9. The lowest BCUT2D eigenvalue weighted by atomic mass is 9.61. The molecule has 2 aromatic heterocycles. The molecule has 0 aromatic carbocycles. The largest absolute Gasteiger partial charge is 0.455 e. The van der Waals surface area contributed by atoms with Crippen molar-refractivity contribution < 1.29 is 37.8 Å². The number of fused-ring (bicyclic) bond motifs is 1. The first-order valence-electron chi connectivity index (χ1n) is 17.3. The van der Waals surface area contributed by atoms with Crippen molar-refractivity contribution in [2.24, 2.45) is 23.2 Å². The molecule has 2 aromatic rings. The van der Waals surface area contributed by atoms with Crippen molar-refractivity contribution in [3.8, 4) is 11.3 Å². The van der Waals surface area contributed by atoms with Crippen LogP contribution in [0.15, 0.2) is 37.1 Å². The summed E-state index contributed by atoms with van der Waals surface area (Å²) in [6, 6.07) is 2.96. The minimum Gasteiger partial charge on any atom is -0.455 e. The summed E-state index contributed by atoms with van der Waals surface area (Å²) >= 11 is 0. The van der Waals surface area contributed by atoms with Crippen LogP contribution in [0.1, 0.15) is 88.0 Å². The Kier molecular flexibility index (Phi) is 11.1. The first-order valence-corrected chi connectivity index (χ1v) is 17.3. The Bertz CT molecular complexity index is 1530. The van der Waals surface area contributed by atoms with Gasteiger partial charge in [0.05, 0.1) is 23.7 Å². The molecule has 0 spiro atoms. The predicted octanol–water partition coefficient (Wildman–Crippen LogP) is 6.24. The molecule has 0 N–H and O–H groups in total. The quantitative estimate of drug-likeness (QED) is 0.180. The summed E-state index contributed by atoms with van der Waals surface area (Å²) < 4.78 is 36.1. The van der Waals surface area contributed by atoms with Crippen molar-refractivity contribution in [3.63, 3.8) is 0 Å². The van der Waals surface area contributed by atoms with E-state index in [1.807, 2.05) is 29.8 Å². The van der Waals surface area contributed by atoms with Gasteiger partial charge in [-0.15, -0.1) is 0 Å². The molecule has 0 radical (unpaired) electrons. The molecule has 2 fully saturated rings. The topological polar surface area (TPSA) is 130 Å². The molecule has 11 nitrogen and oxygen atoms in total. The Morgan fingerprint density at radius 1 is 1.04 bits per heavy atom. The minimum atomic E-state index is -2.98. The van der Waals surface area contributed by atoms with Gasteiger partial charge >= 0.3 is 12.1 Å². The number of amides is 1. The number of aryl methyl sites for hydroxylation is 1. The highest BCUT2D eigenvalue weighted by Gasteiger charge is 2.62. The molecular formula is C37H53FN4O7. The minimum absolute atomic E-state index is 0.118. The zero-order chi connectivity index (χ0) is 36.5. The predicted molar refractivity (Wildman–Crippen MR) is 181 cm³/mol. The van der Waals surface area contributed by atoms with Crippen molar-refractivity contribution in [1.29, 1.82) is 0 Å². The van der Waals surface area contributed by atoms with Gasteiger partial charge in [0, 0.05) is 67.5 Å². The molecule has 2 saturated heterocycles. The number of nitrogens with zero attached hydrogens (tertiary/aromatic N) is 4. The molecule has 1 amide bonds. The van der Waals surface area contributed by atoms with Gasteiger partial charge < -0.3 is 23.7 Å². The van der Waals surface area contributed by atoms with Crippen molar-refractivity contribution in [3.05, 3.63) is 37.1 Å². The number of unbranched alkanes of at least 4 members (excludes halogenated alkanes) is 1. The van der Waals surface area contributed by atoms with E-state index >= 15 is 4.39 Å². The second kappa shape index (κ2) is 14.3. The average molecular weight is 685 g/mol. The van der Waals surface area contributed by atoms with Gasteiger partial charge in [-0.3, -0.25) is 14.6 Å². The number of carbonyl (C=O) groups is 4. The number of carbonyl (C=O) groups excluding carboxylic acids is 4. The first-order chi connectivity index (χ1) is 22.9. The molecule has 2 aliphatic rings. The average Bonchev–Trinajstić information content (AvgIpc) is 3.65. The number of imidazole rings is 1. The number of rotatable bonds is 8. The molecular weight excluding hydrogens is 631 g/mol. The van der Waals surface area contributed by atoms with Crippen LogP contribution in [0.5, 0.6) is 0 Å². The highest BCUT2D eigenvalue weighted by molar-refractivity contribution is 6.08. The first kappa shape index (κ1) is 38.1. The zero-order valence-corrected chi connectivity index (χ0v) is 30.6. The van der Waals surface area contributed by atoms with Gasteiger partial charge in [0.25, 0.3) is 5.67 Å². The van der Waals surface area contributed by atoms with Crippen LogP contribution in [-0.2, 0) is 35.1 Å². The number of alkyl halides is 1. The van der Waals surface area contributed by atoms with Crippen molar-refractivity contribution in [1.82, 2.24) is 19.4 Å². The molecule has 270 valence electrons. The van der Waals surface area contributed by atoms with Crippen LogP contribution in [0.3, 0.4) is 0 Å². The molecule has 0 bridgehead atoms. The third-order valence-electron chi connectivity index (χ3n) is 11.6. The van der Waals surface area contributed by atoms with E-state index in [9.17, 15) is 19.2 Å². The Hall–Kier alpha value is -3.67. The van der Waals surface area contributed by atoms with Gasteiger partial charge in [0.15, 0.2) is 11.4 Å². The summed E-state index contributed by atoms with van der Waals surface area (Å²) in [6.07, 6.45) is 7.05. The number of hydrogen-bond donors (Lipinski definition) is 0. The molecule has 49 heavy (non-hydrogen) atoms. The molecule has 2 unspecified atom stereocenters. The monoisotopic (exact) mass is 684 g/mol. The number of ether oxygens (including phenoxy) is 3. The van der Waals surface area contributed by atoms with E-state index in [-0.39, 0.29) is 25.2 Å². The van der Waals surface area contributed by atoms with Gasteiger partial charge in [-0.1, -0.05) is 41.5 Å². The SMILES string of the molecule is CC[C@H]1OC(=O)[C@@](C)(F)C(=O)[C@H](C)C(C)(C)[C@](C)(OC)C[C@@H](C)C(=O)[C@H](C)C2N(CCCCn3cnc(-c4cccnc4)c3)C(=O)OC21C. The van der Waals surface area contributed by atoms with Crippen LogP contribution in [0.2, 0.25) is 0 Å². The van der Waals surface area contributed by atoms with Gasteiger partial charge in [-0.05, 0) is 58.6 Å². The van der Waals surface area contributed by atoms with E-state index in [1.165, 1.54) is 7.11 Å². The van der Waals surface area contributed by atoms with Crippen LogP contribution in [0.25, 0.3) is 11.3 Å². The molecule has 12 heteroatoms. The molecule has 0 aliphatic carbocycles. The number of Topliss-reactive ketones (excluding diaryl/α,β-unsaturated/α-hetero) is 2. The lowest BCUT2D eigenvalue weighted by molar-refractivity contribution is -0.184. The number of halogens is 1. The number of pyridine rings is 1. The van der Waals surface area contributed by atoms with E-state index in [2.05, 4.69) is 9.97 Å². The number of methoxy groups -OCH3 is 1. The summed E-state index contributed by atoms with van der Waals surface area (Å²) in [5.41, 5.74) is -4.80. The Balaban J connectivity index is 1.65. The van der Waals surface area contributed by atoms with Crippen LogP contribution in [0, 0.1) is 23.2 Å². The maximum Gasteiger partial charge on any atom is 0.410 e. The summed E-state index contributed by atoms with van der Waals surface area (Å²) in [5.74, 6) is -4.68. The highest BCUT2D eigenvalue weighted by atomic mass is 19.1. The lowest BCUT2D eigenvalue weighted by Crippen LogP contribution is -2.60. The molecule has 2 aliphatic heterocycles. The normalized spacial score (nSPS) is 34.3. The summed E-state index contributed by atoms with van der Waals surface area (Å²) in [5, 5.41) is 0. The fourth-order valence-electron chi connectivity index (χ4n) is 7.74. The third kappa shape index (κ3) is 7.03. The Morgan fingerprint density at radius 2 is 1.71 bits per heavy atom. The van der Waals surface area contributed by atoms with Crippen molar-refractivity contribution in [2.75, 3.05) is 13.7 Å². The van der Waals surface area contributed by atoms with Crippen LogP contribution in [-0.4, -0.2) is 85.7 Å². The summed E-state index contributed by atoms with van der Waals surface area (Å²) in [4.78, 5) is 65.3. The summed E-state index contributed by atoms with van der Waals surface area (Å²) in [6.45, 7) is 15.7. The Morgan fingerprint density at radius 3 is 2.33 bits per heavy atom. The fourth-order valence-corrected chi connectivity index (χ4v) is 7.74. The van der Waals surface area contributed by atoms with E-state index in [0.29, 0.717) is 19.4 Å². The molecule has 4 heterocycles. The zero-order valence-electron chi connectivity index (χ0n) is 30.6. The van der Waals surface area contributed by atoms with E-state index in [1.54, 1.807) is 72.1 Å². The summed E-state index contributed by atoms with van der Waals surface area (Å²) in [7, 11) is 1.50.